The molecule has 4 aromatic heterocycles. The summed E-state index contributed by atoms with van der Waals surface area (Å²) in [6.07, 6.45) is 15.7. The van der Waals surface area contributed by atoms with Gasteiger partial charge in [-0.15, -0.1) is 47.3 Å². The Balaban J connectivity index is 0.000000166. The molecule has 0 radical (unpaired) electrons. The SMILES string of the molecule is BrB(Br)Br.Cc1ccc2nc(-c3ccc(Cl)c(Cl)c3)n(-c3ccnc(NC4CCCCC4)n3)c2c1.Oc1ccc2nc(-c3ccc(Cl)c(Cl)c3)n(-c3ccnc(NC4CCCCC4)n3)c2c1. The van der Waals surface area contributed by atoms with Crippen LogP contribution in [0.25, 0.3) is 56.5 Å². The van der Waals surface area contributed by atoms with E-state index in [9.17, 15) is 5.11 Å². The van der Waals surface area contributed by atoms with Crippen LogP contribution in [0.15, 0.2) is 97.3 Å². The number of aromatic hydroxyl groups is 1. The van der Waals surface area contributed by atoms with Crippen molar-refractivity contribution in [2.24, 2.45) is 0 Å². The molecule has 66 heavy (non-hydrogen) atoms. The Morgan fingerprint density at radius 3 is 1.44 bits per heavy atom. The Hall–Kier alpha value is -3.96. The van der Waals surface area contributed by atoms with Gasteiger partial charge in [0.1, 0.15) is 29.0 Å². The van der Waals surface area contributed by atoms with Crippen LogP contribution >= 0.6 is 93.7 Å². The van der Waals surface area contributed by atoms with Crippen molar-refractivity contribution in [1.82, 2.24) is 39.0 Å². The van der Waals surface area contributed by atoms with Crippen molar-refractivity contribution in [2.75, 3.05) is 10.6 Å². The molecule has 4 aromatic carbocycles. The smallest absolute Gasteiger partial charge is 0.369 e. The lowest BCUT2D eigenvalue weighted by molar-refractivity contribution is 0.461. The molecule has 0 spiro atoms. The molecule has 2 aliphatic carbocycles. The van der Waals surface area contributed by atoms with Crippen LogP contribution in [0.2, 0.25) is 20.1 Å². The van der Waals surface area contributed by atoms with Crippen LogP contribution in [0.5, 0.6) is 5.75 Å². The highest BCUT2D eigenvalue weighted by Crippen LogP contribution is 2.35. The second-order valence-corrected chi connectivity index (χ2v) is 24.2. The van der Waals surface area contributed by atoms with E-state index in [-0.39, 0.29) is 8.93 Å². The molecular weight excluding hydrogens is 1110 g/mol. The number of hydrogen-bond acceptors (Lipinski definition) is 9. The second kappa shape index (κ2) is 22.4. The van der Waals surface area contributed by atoms with Crippen molar-refractivity contribution in [2.45, 2.75) is 83.2 Å². The first-order chi connectivity index (χ1) is 31.9. The van der Waals surface area contributed by atoms with Gasteiger partial charge < -0.3 is 15.7 Å². The minimum atomic E-state index is 0.156. The number of phenolic OH excluding ortho intramolecular Hbond substituents is 1. The third kappa shape index (κ3) is 12.0. The summed E-state index contributed by atoms with van der Waals surface area (Å²) < 4.78 is 4.24. The Morgan fingerprint density at radius 1 is 0.545 bits per heavy atom. The minimum absolute atomic E-state index is 0.156. The number of nitrogens with one attached hydrogen (secondary N) is 2. The number of nitrogens with zero attached hydrogens (tertiary/aromatic N) is 8. The summed E-state index contributed by atoms with van der Waals surface area (Å²) in [5.41, 5.74) is 6.19. The zero-order chi connectivity index (χ0) is 46.3. The zero-order valence-electron chi connectivity index (χ0n) is 35.7. The number of rotatable bonds is 8. The lowest BCUT2D eigenvalue weighted by atomic mass is 9.96. The van der Waals surface area contributed by atoms with Gasteiger partial charge in [-0.25, -0.2) is 19.9 Å². The highest BCUT2D eigenvalue weighted by Gasteiger charge is 2.21. The van der Waals surface area contributed by atoms with Crippen molar-refractivity contribution in [3.63, 3.8) is 0 Å². The molecule has 2 aliphatic rings. The van der Waals surface area contributed by atoms with Crippen molar-refractivity contribution in [3.8, 4) is 40.2 Å². The molecule has 0 aliphatic heterocycles. The maximum absolute atomic E-state index is 10.1. The maximum atomic E-state index is 10.1. The van der Waals surface area contributed by atoms with Gasteiger partial charge in [0, 0.05) is 41.7 Å². The minimum Gasteiger partial charge on any atom is -0.508 e. The van der Waals surface area contributed by atoms with Crippen LogP contribution in [0, 0.1) is 6.92 Å². The monoisotopic (exact) mass is 1150 g/mol. The lowest BCUT2D eigenvalue weighted by Gasteiger charge is -2.22. The van der Waals surface area contributed by atoms with Gasteiger partial charge in [0.2, 0.25) is 11.9 Å². The van der Waals surface area contributed by atoms with Gasteiger partial charge in [0.25, 0.3) is 0 Å². The van der Waals surface area contributed by atoms with Gasteiger partial charge in [0.05, 0.1) is 42.2 Å². The summed E-state index contributed by atoms with van der Waals surface area (Å²) >= 11 is 34.2. The Labute approximate surface area is 428 Å². The van der Waals surface area contributed by atoms with E-state index in [0.29, 0.717) is 55.7 Å². The van der Waals surface area contributed by atoms with E-state index in [1.54, 1.807) is 48.8 Å². The molecule has 2 fully saturated rings. The summed E-state index contributed by atoms with van der Waals surface area (Å²) in [6.45, 7) is 2.08. The maximum Gasteiger partial charge on any atom is 0.369 e. The van der Waals surface area contributed by atoms with E-state index in [4.69, 9.17) is 66.3 Å². The average molecular weight is 1160 g/mol. The first-order valence-electron chi connectivity index (χ1n) is 21.6. The fraction of sp³-hybridized carbons (Fsp3) is 0.277. The highest BCUT2D eigenvalue weighted by atomic mass is 79.9. The van der Waals surface area contributed by atoms with Crippen LogP contribution < -0.4 is 10.6 Å². The third-order valence-electron chi connectivity index (χ3n) is 11.4. The fourth-order valence-corrected chi connectivity index (χ4v) is 8.91. The molecule has 10 rings (SSSR count). The molecule has 0 saturated heterocycles. The number of aromatic nitrogens is 8. The zero-order valence-corrected chi connectivity index (χ0v) is 43.5. The number of halogens is 7. The Morgan fingerprint density at radius 2 is 0.985 bits per heavy atom. The summed E-state index contributed by atoms with van der Waals surface area (Å²) in [5, 5.41) is 19.0. The van der Waals surface area contributed by atoms with Crippen LogP contribution in [0.1, 0.15) is 69.8 Å². The van der Waals surface area contributed by atoms with Gasteiger partial charge >= 0.3 is 3.18 Å². The van der Waals surface area contributed by atoms with Gasteiger partial charge in [0.15, 0.2) is 0 Å². The molecule has 19 heteroatoms. The number of anilines is 2. The Kier molecular flexibility index (Phi) is 16.5. The van der Waals surface area contributed by atoms with Crippen molar-refractivity contribution < 1.29 is 5.11 Å². The van der Waals surface area contributed by atoms with Crippen molar-refractivity contribution in [3.05, 3.63) is 123 Å². The van der Waals surface area contributed by atoms with Crippen LogP contribution in [0.3, 0.4) is 0 Å². The van der Waals surface area contributed by atoms with E-state index in [2.05, 4.69) is 91.5 Å². The van der Waals surface area contributed by atoms with Gasteiger partial charge in [-0.2, -0.15) is 9.97 Å². The van der Waals surface area contributed by atoms with E-state index in [0.717, 1.165) is 76.1 Å². The van der Waals surface area contributed by atoms with Crippen molar-refractivity contribution in [1.29, 1.82) is 0 Å². The summed E-state index contributed by atoms with van der Waals surface area (Å²) in [7, 11) is 0. The predicted molar refractivity (Wildman–Crippen MR) is 284 cm³/mol. The molecule has 0 unspecified atom stereocenters. The molecule has 0 bridgehead atoms. The Bertz CT molecular complexity index is 2770. The van der Waals surface area contributed by atoms with Gasteiger partial charge in [-0.1, -0.05) is 91.0 Å². The molecule has 340 valence electrons. The molecule has 11 nitrogen and oxygen atoms in total. The topological polar surface area (TPSA) is 131 Å². The number of fused-ring (bicyclic) bond motifs is 2. The molecule has 0 amide bonds. The molecule has 2 saturated carbocycles. The van der Waals surface area contributed by atoms with E-state index in [1.165, 1.54) is 38.5 Å². The predicted octanol–water partition coefficient (Wildman–Crippen LogP) is 15.2. The fourth-order valence-electron chi connectivity index (χ4n) is 8.32. The second-order valence-electron chi connectivity index (χ2n) is 16.1. The number of hydrogen-bond donors (Lipinski definition) is 3. The van der Waals surface area contributed by atoms with Gasteiger partial charge in [-0.05, 0) is 111 Å². The molecule has 3 N–H and O–H groups in total. The van der Waals surface area contributed by atoms with Crippen LogP contribution in [0.4, 0.5) is 11.9 Å². The number of benzene rings is 4. The normalized spacial score (nSPS) is 14.3. The number of imidazole rings is 2. The molecular formula is C47H44BBr3Cl4N10O. The summed E-state index contributed by atoms with van der Waals surface area (Å²) in [4.78, 5) is 28.2. The standard InChI is InChI=1S/C24H23Cl2N5.C23H21Cl2N5O.BBr3/c1-15-7-10-20-21(13-15)31(23(29-20)16-8-9-18(25)19(26)14-16)22-11-12-27-24(30-22)28-17-5-3-2-4-6-17;24-17-8-6-14(12-18(17)25)22-28-19-9-7-16(31)13-20(19)30(22)21-10-11-26-23(29-21)27-15-4-2-1-3-5-15;2-1(3)4/h7-14,17H,2-6H2,1H3,(H,27,28,30);6-13,15,31H,1-5H2,(H,26,27,29);. The number of phenols is 1. The summed E-state index contributed by atoms with van der Waals surface area (Å²) in [5.74, 6) is 4.24. The number of aryl methyl sites for hydroxylation is 1. The lowest BCUT2D eigenvalue weighted by Crippen LogP contribution is -2.23. The largest absolute Gasteiger partial charge is 0.508 e. The summed E-state index contributed by atoms with van der Waals surface area (Å²) in [6, 6.07) is 26.8. The average Bonchev–Trinajstić information content (AvgIpc) is 3.88. The van der Waals surface area contributed by atoms with E-state index < -0.39 is 0 Å². The van der Waals surface area contributed by atoms with Gasteiger partial charge in [-0.3, -0.25) is 9.13 Å². The highest BCUT2D eigenvalue weighted by molar-refractivity contribution is 9.69. The molecule has 4 heterocycles. The quantitative estimate of drug-likeness (QED) is 0.127. The first-order valence-corrected chi connectivity index (χ1v) is 25.9. The van der Waals surface area contributed by atoms with E-state index >= 15 is 0 Å². The third-order valence-corrected chi connectivity index (χ3v) is 12.9. The molecule has 0 atom stereocenters. The van der Waals surface area contributed by atoms with Crippen LogP contribution in [-0.4, -0.2) is 59.4 Å². The van der Waals surface area contributed by atoms with Crippen molar-refractivity contribution >= 4 is 131 Å². The first kappa shape index (κ1) is 48.5. The molecule has 8 aromatic rings. The van der Waals surface area contributed by atoms with E-state index in [1.807, 2.05) is 41.0 Å². The van der Waals surface area contributed by atoms with Crippen LogP contribution in [-0.2, 0) is 0 Å².